The van der Waals surface area contributed by atoms with E-state index in [2.05, 4.69) is 24.1 Å². The number of aliphatic hydroxyl groups is 1. The van der Waals surface area contributed by atoms with Crippen LogP contribution in [0.4, 0.5) is 5.82 Å². The monoisotopic (exact) mass is 390 g/mol. The lowest BCUT2D eigenvalue weighted by Crippen LogP contribution is -2.38. The van der Waals surface area contributed by atoms with Crippen LogP contribution >= 0.6 is 11.3 Å². The summed E-state index contributed by atoms with van der Waals surface area (Å²) in [6.45, 7) is 9.68. The number of hydrogen-bond donors (Lipinski definition) is 2. The highest BCUT2D eigenvalue weighted by atomic mass is 32.1. The Bertz CT molecular complexity index is 797. The second-order valence-corrected chi connectivity index (χ2v) is 9.22. The first-order valence-electron chi connectivity index (χ1n) is 10.0. The maximum Gasteiger partial charge on any atom is 0.146 e. The molecule has 1 aliphatic heterocycles. The van der Waals surface area contributed by atoms with Gasteiger partial charge in [0.15, 0.2) is 0 Å². The number of anilines is 1. The van der Waals surface area contributed by atoms with Gasteiger partial charge in [0.25, 0.3) is 0 Å². The molecule has 7 heteroatoms. The second kappa shape index (κ2) is 7.99. The molecule has 2 aromatic heterocycles. The van der Waals surface area contributed by atoms with Crippen LogP contribution in [0.1, 0.15) is 41.9 Å². The highest BCUT2D eigenvalue weighted by Gasteiger charge is 2.36. The van der Waals surface area contributed by atoms with E-state index in [0.717, 1.165) is 62.3 Å². The lowest BCUT2D eigenvalue weighted by atomic mass is 9.67. The molecule has 0 amide bonds. The van der Waals surface area contributed by atoms with Crippen LogP contribution < -0.4 is 5.32 Å². The van der Waals surface area contributed by atoms with Crippen molar-refractivity contribution in [1.29, 1.82) is 0 Å². The number of thiophene rings is 1. The maximum absolute atomic E-state index is 9.44. The van der Waals surface area contributed by atoms with Gasteiger partial charge in [-0.15, -0.1) is 11.3 Å². The average Bonchev–Trinajstić information content (AvgIpc) is 2.92. The summed E-state index contributed by atoms with van der Waals surface area (Å²) < 4.78 is 5.46. The third kappa shape index (κ3) is 3.97. The van der Waals surface area contributed by atoms with E-state index in [1.807, 2.05) is 0 Å². The Labute approximate surface area is 165 Å². The largest absolute Gasteiger partial charge is 0.396 e. The number of rotatable bonds is 7. The average molecular weight is 391 g/mol. The Kier molecular flexibility index (Phi) is 5.64. The van der Waals surface area contributed by atoms with E-state index < -0.39 is 0 Å². The molecule has 2 aliphatic rings. The standard InChI is InChI=1S/C20H30N4O2S/c1-14-15(2)27-19-17(14)18(21-13-20(6-9-25)4-3-5-20)22-16(23-19)12-24-7-10-26-11-8-24/h25H,3-13H2,1-2H3,(H,21,22,23). The van der Waals surface area contributed by atoms with Gasteiger partial charge in [0.05, 0.1) is 25.1 Å². The summed E-state index contributed by atoms with van der Waals surface area (Å²) >= 11 is 1.76. The van der Waals surface area contributed by atoms with Crippen molar-refractivity contribution in [2.24, 2.45) is 5.41 Å². The minimum absolute atomic E-state index is 0.232. The smallest absolute Gasteiger partial charge is 0.146 e. The molecule has 0 radical (unpaired) electrons. The number of fused-ring (bicyclic) bond motifs is 1. The van der Waals surface area contributed by atoms with Gasteiger partial charge in [-0.05, 0) is 44.1 Å². The number of morpholine rings is 1. The van der Waals surface area contributed by atoms with Gasteiger partial charge in [-0.1, -0.05) is 6.42 Å². The summed E-state index contributed by atoms with van der Waals surface area (Å²) in [6.07, 6.45) is 4.52. The van der Waals surface area contributed by atoms with E-state index in [0.29, 0.717) is 0 Å². The Morgan fingerprint density at radius 2 is 2.00 bits per heavy atom. The predicted molar refractivity (Wildman–Crippen MR) is 109 cm³/mol. The van der Waals surface area contributed by atoms with Crippen LogP contribution in [0, 0.1) is 19.3 Å². The fourth-order valence-electron chi connectivity index (χ4n) is 4.15. The topological polar surface area (TPSA) is 70.5 Å². The molecule has 0 spiro atoms. The number of nitrogens with one attached hydrogen (secondary N) is 1. The summed E-state index contributed by atoms with van der Waals surface area (Å²) in [6, 6.07) is 0. The summed E-state index contributed by atoms with van der Waals surface area (Å²) in [5, 5.41) is 14.3. The molecule has 27 heavy (non-hydrogen) atoms. The molecule has 0 bridgehead atoms. The number of aryl methyl sites for hydroxylation is 2. The molecular formula is C20H30N4O2S. The molecule has 148 valence electrons. The highest BCUT2D eigenvalue weighted by molar-refractivity contribution is 7.18. The SMILES string of the molecule is Cc1sc2nc(CN3CCOCC3)nc(NCC3(CCO)CCC3)c2c1C. The first kappa shape index (κ1) is 19.1. The minimum atomic E-state index is 0.232. The van der Waals surface area contributed by atoms with Gasteiger partial charge >= 0.3 is 0 Å². The molecule has 0 unspecified atom stereocenters. The van der Waals surface area contributed by atoms with Crippen molar-refractivity contribution in [3.8, 4) is 0 Å². The van der Waals surface area contributed by atoms with E-state index >= 15 is 0 Å². The maximum atomic E-state index is 9.44. The molecule has 3 heterocycles. The fraction of sp³-hybridized carbons (Fsp3) is 0.700. The lowest BCUT2D eigenvalue weighted by molar-refractivity contribution is 0.0331. The first-order valence-corrected chi connectivity index (χ1v) is 10.8. The molecule has 1 saturated carbocycles. The predicted octanol–water partition coefficient (Wildman–Crippen LogP) is 3.10. The van der Waals surface area contributed by atoms with Crippen molar-refractivity contribution in [2.45, 2.75) is 46.1 Å². The van der Waals surface area contributed by atoms with Gasteiger partial charge in [-0.25, -0.2) is 9.97 Å². The van der Waals surface area contributed by atoms with Gasteiger partial charge in [-0.2, -0.15) is 0 Å². The Hall–Kier alpha value is -1.28. The summed E-state index contributed by atoms with van der Waals surface area (Å²) in [5.41, 5.74) is 1.51. The lowest BCUT2D eigenvalue weighted by Gasteiger charge is -2.42. The highest BCUT2D eigenvalue weighted by Crippen LogP contribution is 2.44. The van der Waals surface area contributed by atoms with Crippen molar-refractivity contribution < 1.29 is 9.84 Å². The molecule has 2 fully saturated rings. The summed E-state index contributed by atoms with van der Waals surface area (Å²) in [4.78, 5) is 14.5. The van der Waals surface area contributed by atoms with Crippen molar-refractivity contribution in [3.05, 3.63) is 16.3 Å². The summed E-state index contributed by atoms with van der Waals surface area (Å²) in [5.74, 6) is 1.85. The van der Waals surface area contributed by atoms with Gasteiger partial charge in [0.2, 0.25) is 0 Å². The van der Waals surface area contributed by atoms with E-state index in [-0.39, 0.29) is 12.0 Å². The van der Waals surface area contributed by atoms with Crippen LogP contribution in [0.5, 0.6) is 0 Å². The van der Waals surface area contributed by atoms with Crippen LogP contribution in [0.2, 0.25) is 0 Å². The Morgan fingerprint density at radius 3 is 2.67 bits per heavy atom. The summed E-state index contributed by atoms with van der Waals surface area (Å²) in [7, 11) is 0. The number of aliphatic hydroxyl groups excluding tert-OH is 1. The Balaban J connectivity index is 1.60. The van der Waals surface area contributed by atoms with E-state index in [9.17, 15) is 5.11 Å². The molecular weight excluding hydrogens is 360 g/mol. The molecule has 0 atom stereocenters. The molecule has 4 rings (SSSR count). The van der Waals surface area contributed by atoms with Crippen molar-refractivity contribution in [1.82, 2.24) is 14.9 Å². The van der Waals surface area contributed by atoms with Crippen molar-refractivity contribution in [3.63, 3.8) is 0 Å². The first-order chi connectivity index (χ1) is 13.1. The zero-order valence-electron chi connectivity index (χ0n) is 16.4. The number of ether oxygens (including phenoxy) is 1. The van der Waals surface area contributed by atoms with Crippen LogP contribution in [-0.4, -0.2) is 59.4 Å². The van der Waals surface area contributed by atoms with Gasteiger partial charge in [0.1, 0.15) is 16.5 Å². The van der Waals surface area contributed by atoms with Crippen molar-refractivity contribution in [2.75, 3.05) is 44.8 Å². The van der Waals surface area contributed by atoms with E-state index in [1.165, 1.54) is 35.1 Å². The zero-order valence-corrected chi connectivity index (χ0v) is 17.2. The van der Waals surface area contributed by atoms with Crippen LogP contribution in [0.3, 0.4) is 0 Å². The quantitative estimate of drug-likeness (QED) is 0.757. The molecule has 2 N–H and O–H groups in total. The third-order valence-electron chi connectivity index (χ3n) is 6.23. The normalized spacial score (nSPS) is 20.0. The fourth-order valence-corrected chi connectivity index (χ4v) is 5.20. The zero-order chi connectivity index (χ0) is 18.9. The second-order valence-electron chi connectivity index (χ2n) is 8.02. The van der Waals surface area contributed by atoms with Gasteiger partial charge in [0, 0.05) is 31.1 Å². The third-order valence-corrected chi connectivity index (χ3v) is 7.33. The van der Waals surface area contributed by atoms with Crippen LogP contribution in [0.15, 0.2) is 0 Å². The number of hydrogen-bond acceptors (Lipinski definition) is 7. The van der Waals surface area contributed by atoms with E-state index in [1.54, 1.807) is 11.3 Å². The van der Waals surface area contributed by atoms with Gasteiger partial charge < -0.3 is 15.2 Å². The van der Waals surface area contributed by atoms with Crippen molar-refractivity contribution >= 4 is 27.4 Å². The molecule has 1 saturated heterocycles. The van der Waals surface area contributed by atoms with Crippen LogP contribution in [0.25, 0.3) is 10.2 Å². The molecule has 2 aromatic rings. The van der Waals surface area contributed by atoms with Gasteiger partial charge in [-0.3, -0.25) is 4.90 Å². The molecule has 1 aliphatic carbocycles. The minimum Gasteiger partial charge on any atom is -0.396 e. The Morgan fingerprint density at radius 1 is 1.22 bits per heavy atom. The van der Waals surface area contributed by atoms with Crippen LogP contribution in [-0.2, 0) is 11.3 Å². The number of aromatic nitrogens is 2. The van der Waals surface area contributed by atoms with E-state index in [4.69, 9.17) is 14.7 Å². The molecule has 6 nitrogen and oxygen atoms in total. The molecule has 0 aromatic carbocycles. The number of nitrogens with zero attached hydrogens (tertiary/aromatic N) is 3.